The molecule has 1 N–H and O–H groups in total. The molecule has 11 heavy (non-hydrogen) atoms. The average Bonchev–Trinajstić information content (AvgIpc) is 2.31. The van der Waals surface area contributed by atoms with Crippen LogP contribution in [0.3, 0.4) is 0 Å². The standard InChI is InChI=1S/C10H18O/c1-7-5-8-3-2-4-10(11)9(8)6-7/h7-11H,2-6H2,1H3. The van der Waals surface area contributed by atoms with Crippen molar-refractivity contribution in [3.63, 3.8) is 0 Å². The van der Waals surface area contributed by atoms with Gasteiger partial charge in [0.2, 0.25) is 0 Å². The molecule has 0 bridgehead atoms. The van der Waals surface area contributed by atoms with E-state index >= 15 is 0 Å². The van der Waals surface area contributed by atoms with Gasteiger partial charge in [0.15, 0.2) is 0 Å². The van der Waals surface area contributed by atoms with E-state index in [1.54, 1.807) is 0 Å². The van der Waals surface area contributed by atoms with Crippen molar-refractivity contribution in [3.05, 3.63) is 0 Å². The second-order valence-corrected chi connectivity index (χ2v) is 4.50. The topological polar surface area (TPSA) is 20.2 Å². The van der Waals surface area contributed by atoms with E-state index < -0.39 is 0 Å². The fourth-order valence-electron chi connectivity index (χ4n) is 3.05. The van der Waals surface area contributed by atoms with Crippen molar-refractivity contribution in [1.82, 2.24) is 0 Å². The monoisotopic (exact) mass is 154 g/mol. The lowest BCUT2D eigenvalue weighted by Crippen LogP contribution is -2.28. The highest BCUT2D eigenvalue weighted by molar-refractivity contribution is 4.89. The number of hydrogen-bond acceptors (Lipinski definition) is 1. The maximum absolute atomic E-state index is 9.70. The third kappa shape index (κ3) is 1.31. The van der Waals surface area contributed by atoms with Gasteiger partial charge in [0.1, 0.15) is 0 Å². The molecule has 0 heterocycles. The summed E-state index contributed by atoms with van der Waals surface area (Å²) in [6, 6.07) is 0. The van der Waals surface area contributed by atoms with E-state index in [1.165, 1.54) is 25.7 Å². The highest BCUT2D eigenvalue weighted by atomic mass is 16.3. The maximum atomic E-state index is 9.70. The van der Waals surface area contributed by atoms with E-state index in [0.29, 0.717) is 5.92 Å². The molecular formula is C10H18O. The number of fused-ring (bicyclic) bond motifs is 1. The minimum Gasteiger partial charge on any atom is -0.393 e. The predicted octanol–water partition coefficient (Wildman–Crippen LogP) is 2.19. The first-order chi connectivity index (χ1) is 5.27. The highest BCUT2D eigenvalue weighted by Crippen LogP contribution is 2.44. The Morgan fingerprint density at radius 2 is 2.00 bits per heavy atom. The molecule has 4 atom stereocenters. The summed E-state index contributed by atoms with van der Waals surface area (Å²) in [6.07, 6.45) is 6.40. The molecule has 0 aliphatic heterocycles. The summed E-state index contributed by atoms with van der Waals surface area (Å²) in [5, 5.41) is 9.70. The second kappa shape index (κ2) is 2.78. The van der Waals surface area contributed by atoms with Crippen molar-refractivity contribution in [1.29, 1.82) is 0 Å². The molecule has 0 saturated heterocycles. The van der Waals surface area contributed by atoms with Crippen molar-refractivity contribution in [2.75, 3.05) is 0 Å². The molecule has 0 aromatic carbocycles. The lowest BCUT2D eigenvalue weighted by atomic mass is 9.80. The van der Waals surface area contributed by atoms with E-state index in [-0.39, 0.29) is 6.10 Å². The highest BCUT2D eigenvalue weighted by Gasteiger charge is 2.38. The van der Waals surface area contributed by atoms with Crippen molar-refractivity contribution in [2.45, 2.75) is 45.1 Å². The summed E-state index contributed by atoms with van der Waals surface area (Å²) in [7, 11) is 0. The summed E-state index contributed by atoms with van der Waals surface area (Å²) >= 11 is 0. The van der Waals surface area contributed by atoms with E-state index in [9.17, 15) is 5.11 Å². The van der Waals surface area contributed by atoms with Crippen molar-refractivity contribution in [3.8, 4) is 0 Å². The van der Waals surface area contributed by atoms with Crippen LogP contribution >= 0.6 is 0 Å². The second-order valence-electron chi connectivity index (χ2n) is 4.50. The fraction of sp³-hybridized carbons (Fsp3) is 1.00. The van der Waals surface area contributed by atoms with Crippen LogP contribution in [-0.4, -0.2) is 11.2 Å². The number of hydrogen-bond donors (Lipinski definition) is 1. The molecule has 1 heteroatoms. The van der Waals surface area contributed by atoms with Gasteiger partial charge in [0.05, 0.1) is 6.10 Å². The van der Waals surface area contributed by atoms with Crippen LogP contribution in [0.2, 0.25) is 0 Å². The molecule has 64 valence electrons. The summed E-state index contributed by atoms with van der Waals surface area (Å²) in [4.78, 5) is 0. The Labute approximate surface area is 68.8 Å². The summed E-state index contributed by atoms with van der Waals surface area (Å²) in [5.74, 6) is 2.41. The number of aliphatic hydroxyl groups is 1. The van der Waals surface area contributed by atoms with Gasteiger partial charge in [-0.3, -0.25) is 0 Å². The van der Waals surface area contributed by atoms with Crippen LogP contribution in [0.15, 0.2) is 0 Å². The first-order valence-corrected chi connectivity index (χ1v) is 4.95. The average molecular weight is 154 g/mol. The Bertz CT molecular complexity index is 144. The molecule has 1 nitrogen and oxygen atoms in total. The van der Waals surface area contributed by atoms with Gasteiger partial charge in [-0.2, -0.15) is 0 Å². The third-order valence-corrected chi connectivity index (χ3v) is 3.55. The van der Waals surface area contributed by atoms with Crippen LogP contribution in [-0.2, 0) is 0 Å². The Morgan fingerprint density at radius 1 is 1.18 bits per heavy atom. The summed E-state index contributed by atoms with van der Waals surface area (Å²) < 4.78 is 0. The predicted molar refractivity (Wildman–Crippen MR) is 45.2 cm³/mol. The van der Waals surface area contributed by atoms with E-state index in [0.717, 1.165) is 18.3 Å². The van der Waals surface area contributed by atoms with E-state index in [1.807, 2.05) is 0 Å². The Balaban J connectivity index is 2.03. The lowest BCUT2D eigenvalue weighted by Gasteiger charge is -2.29. The minimum atomic E-state index is 0.0405. The molecule has 0 amide bonds. The Hall–Kier alpha value is -0.0400. The van der Waals surface area contributed by atoms with E-state index in [4.69, 9.17) is 0 Å². The zero-order chi connectivity index (χ0) is 7.84. The van der Waals surface area contributed by atoms with Gasteiger partial charge in [-0.15, -0.1) is 0 Å². The Kier molecular flexibility index (Phi) is 1.92. The van der Waals surface area contributed by atoms with Crippen molar-refractivity contribution < 1.29 is 5.11 Å². The van der Waals surface area contributed by atoms with Crippen LogP contribution < -0.4 is 0 Å². The molecule has 4 unspecified atom stereocenters. The molecule has 2 saturated carbocycles. The van der Waals surface area contributed by atoms with E-state index in [2.05, 4.69) is 6.92 Å². The van der Waals surface area contributed by atoms with Gasteiger partial charge < -0.3 is 5.11 Å². The van der Waals surface area contributed by atoms with Gasteiger partial charge in [-0.05, 0) is 43.4 Å². The lowest BCUT2D eigenvalue weighted by molar-refractivity contribution is 0.0473. The van der Waals surface area contributed by atoms with Gasteiger partial charge in [0.25, 0.3) is 0 Å². The summed E-state index contributed by atoms with van der Waals surface area (Å²) in [5.41, 5.74) is 0. The fourth-order valence-corrected chi connectivity index (χ4v) is 3.05. The molecule has 0 aromatic heterocycles. The minimum absolute atomic E-state index is 0.0405. The molecule has 2 aliphatic carbocycles. The smallest absolute Gasteiger partial charge is 0.0571 e. The van der Waals surface area contributed by atoms with Crippen LogP contribution in [0, 0.1) is 17.8 Å². The first kappa shape index (κ1) is 7.60. The van der Waals surface area contributed by atoms with Crippen molar-refractivity contribution in [2.24, 2.45) is 17.8 Å². The normalized spacial score (nSPS) is 50.7. The van der Waals surface area contributed by atoms with Gasteiger partial charge >= 0.3 is 0 Å². The summed E-state index contributed by atoms with van der Waals surface area (Å²) in [6.45, 7) is 2.32. The van der Waals surface area contributed by atoms with Gasteiger partial charge in [-0.1, -0.05) is 13.3 Å². The zero-order valence-electron chi connectivity index (χ0n) is 7.29. The Morgan fingerprint density at radius 3 is 2.73 bits per heavy atom. The van der Waals surface area contributed by atoms with Crippen LogP contribution in [0.1, 0.15) is 39.0 Å². The van der Waals surface area contributed by atoms with Gasteiger partial charge in [-0.25, -0.2) is 0 Å². The molecular weight excluding hydrogens is 136 g/mol. The first-order valence-electron chi connectivity index (χ1n) is 4.95. The molecule has 2 aliphatic rings. The van der Waals surface area contributed by atoms with Crippen LogP contribution in [0.5, 0.6) is 0 Å². The van der Waals surface area contributed by atoms with Gasteiger partial charge in [0, 0.05) is 0 Å². The molecule has 2 rings (SSSR count). The number of aliphatic hydroxyl groups excluding tert-OH is 1. The SMILES string of the molecule is CC1CC2CCCC(O)C2C1. The largest absolute Gasteiger partial charge is 0.393 e. The molecule has 0 aromatic rings. The number of rotatable bonds is 0. The zero-order valence-corrected chi connectivity index (χ0v) is 7.29. The molecule has 0 radical (unpaired) electrons. The van der Waals surface area contributed by atoms with Crippen LogP contribution in [0.4, 0.5) is 0 Å². The maximum Gasteiger partial charge on any atom is 0.0571 e. The molecule has 0 spiro atoms. The van der Waals surface area contributed by atoms with Crippen molar-refractivity contribution >= 4 is 0 Å². The third-order valence-electron chi connectivity index (χ3n) is 3.55. The quantitative estimate of drug-likeness (QED) is 0.567. The molecule has 2 fully saturated rings. The van der Waals surface area contributed by atoms with Crippen LogP contribution in [0.25, 0.3) is 0 Å².